The Morgan fingerprint density at radius 2 is 2.18 bits per heavy atom. The fraction of sp³-hybridized carbons (Fsp3) is 0.900. The van der Waals surface area contributed by atoms with Gasteiger partial charge < -0.3 is 10.0 Å². The second kappa shape index (κ2) is 5.48. The molecule has 0 radical (unpaired) electrons. The number of aliphatic carboxylic acids is 1. The first-order chi connectivity index (χ1) is 7.83. The topological polar surface area (TPSA) is 40.5 Å². The van der Waals surface area contributed by atoms with Crippen molar-refractivity contribution in [3.05, 3.63) is 0 Å². The molecule has 1 aliphatic rings. The number of likely N-dealkylation sites (tertiary alicyclic amines) is 1. The van der Waals surface area contributed by atoms with E-state index in [-0.39, 0.29) is 13.0 Å². The van der Waals surface area contributed by atoms with E-state index in [1.807, 2.05) is 6.26 Å². The van der Waals surface area contributed by atoms with Crippen LogP contribution in [0.2, 0.25) is 0 Å². The molecule has 0 bridgehead atoms. The minimum atomic E-state index is -4.67. The van der Waals surface area contributed by atoms with Gasteiger partial charge in [-0.3, -0.25) is 4.79 Å². The molecule has 0 aliphatic carbocycles. The van der Waals surface area contributed by atoms with Gasteiger partial charge in [-0.1, -0.05) is 0 Å². The molecule has 17 heavy (non-hydrogen) atoms. The summed E-state index contributed by atoms with van der Waals surface area (Å²) in [7, 11) is 0. The van der Waals surface area contributed by atoms with E-state index in [2.05, 4.69) is 0 Å². The highest BCUT2D eigenvalue weighted by Gasteiger charge is 2.63. The molecule has 0 saturated carbocycles. The van der Waals surface area contributed by atoms with Gasteiger partial charge in [0.1, 0.15) is 0 Å². The lowest BCUT2D eigenvalue weighted by molar-refractivity contribution is -0.227. The van der Waals surface area contributed by atoms with Crippen LogP contribution < -0.4 is 0 Å². The Hall–Kier alpha value is -0.430. The summed E-state index contributed by atoms with van der Waals surface area (Å²) in [5, 5.41) is 8.84. The molecule has 0 aromatic heterocycles. The summed E-state index contributed by atoms with van der Waals surface area (Å²) in [4.78, 5) is 12.5. The molecule has 1 N–H and O–H groups in total. The lowest BCUT2D eigenvalue weighted by Gasteiger charge is -2.27. The number of thioether (sulfide) groups is 1. The molecule has 1 heterocycles. The summed E-state index contributed by atoms with van der Waals surface area (Å²) < 4.78 is 38.5. The average molecular weight is 271 g/mol. The van der Waals surface area contributed by atoms with E-state index >= 15 is 0 Å². The first kappa shape index (κ1) is 14.6. The fourth-order valence-electron chi connectivity index (χ4n) is 2.04. The number of alkyl halides is 3. The van der Waals surface area contributed by atoms with E-state index in [4.69, 9.17) is 5.11 Å². The Labute approximate surface area is 102 Å². The van der Waals surface area contributed by atoms with Crippen molar-refractivity contribution < 1.29 is 23.1 Å². The molecule has 0 aromatic carbocycles. The molecule has 100 valence electrons. The quantitative estimate of drug-likeness (QED) is 0.777. The number of rotatable bonds is 5. The zero-order valence-corrected chi connectivity index (χ0v) is 10.4. The number of hydrogen-bond acceptors (Lipinski definition) is 3. The highest BCUT2D eigenvalue weighted by molar-refractivity contribution is 7.98. The molecule has 1 aliphatic heterocycles. The molecule has 1 fully saturated rings. The molecule has 0 spiro atoms. The first-order valence-corrected chi connectivity index (χ1v) is 6.74. The highest BCUT2D eigenvalue weighted by atomic mass is 32.2. The lowest BCUT2D eigenvalue weighted by atomic mass is 9.86. The van der Waals surface area contributed by atoms with Gasteiger partial charge in [0.25, 0.3) is 0 Å². The van der Waals surface area contributed by atoms with Crippen LogP contribution >= 0.6 is 11.8 Å². The van der Waals surface area contributed by atoms with Crippen molar-refractivity contribution in [2.24, 2.45) is 5.41 Å². The molecule has 0 aromatic rings. The van der Waals surface area contributed by atoms with Gasteiger partial charge in [0.2, 0.25) is 0 Å². The molecule has 7 heteroatoms. The molecule has 3 nitrogen and oxygen atoms in total. The third-order valence-electron chi connectivity index (χ3n) is 3.12. The van der Waals surface area contributed by atoms with Gasteiger partial charge in [-0.15, -0.1) is 0 Å². The predicted octanol–water partition coefficient (Wildman–Crippen LogP) is 2.08. The van der Waals surface area contributed by atoms with E-state index in [9.17, 15) is 18.0 Å². The van der Waals surface area contributed by atoms with Crippen LogP contribution in [-0.2, 0) is 4.79 Å². The molecule has 1 saturated heterocycles. The number of carbonyl (C=O) groups is 1. The van der Waals surface area contributed by atoms with Crippen LogP contribution in [0.5, 0.6) is 0 Å². The largest absolute Gasteiger partial charge is 0.481 e. The summed E-state index contributed by atoms with van der Waals surface area (Å²) in [6, 6.07) is 0. The molecular weight excluding hydrogens is 255 g/mol. The highest BCUT2D eigenvalue weighted by Crippen LogP contribution is 2.45. The third-order valence-corrected chi connectivity index (χ3v) is 3.82. The van der Waals surface area contributed by atoms with Crippen molar-refractivity contribution in [3.63, 3.8) is 0 Å². The standard InChI is InChI=1S/C10H16F3NO2S/c1-17-6-2-4-14-5-3-9(7-14,8(15)16)10(11,12)13/h2-7H2,1H3,(H,15,16). The zero-order chi connectivity index (χ0) is 13.1. The third kappa shape index (κ3) is 3.07. The maximum absolute atomic E-state index is 12.8. The Kier molecular flexibility index (Phi) is 4.71. The maximum atomic E-state index is 12.8. The summed E-state index contributed by atoms with van der Waals surface area (Å²) in [5.74, 6) is -0.875. The van der Waals surface area contributed by atoms with Crippen LogP contribution in [0.25, 0.3) is 0 Å². The summed E-state index contributed by atoms with van der Waals surface area (Å²) in [6.45, 7) is 0.326. The molecule has 1 rings (SSSR count). The summed E-state index contributed by atoms with van der Waals surface area (Å²) in [6.07, 6.45) is -2.30. The first-order valence-electron chi connectivity index (χ1n) is 5.35. The number of halogens is 3. The van der Waals surface area contributed by atoms with Crippen molar-refractivity contribution in [3.8, 4) is 0 Å². The Morgan fingerprint density at radius 1 is 1.53 bits per heavy atom. The average Bonchev–Trinajstić information content (AvgIpc) is 2.63. The van der Waals surface area contributed by atoms with Crippen molar-refractivity contribution in [2.75, 3.05) is 31.6 Å². The number of carboxylic acid groups (broad SMARTS) is 1. The number of nitrogens with zero attached hydrogens (tertiary/aromatic N) is 1. The predicted molar refractivity (Wildman–Crippen MR) is 60.2 cm³/mol. The van der Waals surface area contributed by atoms with Crippen LogP contribution in [0.4, 0.5) is 13.2 Å². The summed E-state index contributed by atoms with van der Waals surface area (Å²) in [5.41, 5.74) is -2.56. The van der Waals surface area contributed by atoms with Crippen LogP contribution in [-0.4, -0.2) is 53.8 Å². The van der Waals surface area contributed by atoms with Gasteiger partial charge in [-0.05, 0) is 37.9 Å². The van der Waals surface area contributed by atoms with Gasteiger partial charge >= 0.3 is 12.1 Å². The van der Waals surface area contributed by atoms with E-state index in [1.54, 1.807) is 16.7 Å². The van der Waals surface area contributed by atoms with Gasteiger partial charge in [-0.2, -0.15) is 24.9 Å². The van der Waals surface area contributed by atoms with Crippen molar-refractivity contribution >= 4 is 17.7 Å². The van der Waals surface area contributed by atoms with E-state index in [1.165, 1.54) is 0 Å². The van der Waals surface area contributed by atoms with E-state index < -0.39 is 24.1 Å². The van der Waals surface area contributed by atoms with Gasteiger partial charge in [-0.25, -0.2) is 0 Å². The molecule has 1 unspecified atom stereocenters. The smallest absolute Gasteiger partial charge is 0.406 e. The summed E-state index contributed by atoms with van der Waals surface area (Å²) >= 11 is 1.63. The molecule has 1 atom stereocenters. The van der Waals surface area contributed by atoms with Gasteiger partial charge in [0, 0.05) is 6.54 Å². The van der Waals surface area contributed by atoms with Crippen LogP contribution in [0.3, 0.4) is 0 Å². The minimum absolute atomic E-state index is 0.209. The number of carboxylic acids is 1. The fourth-order valence-corrected chi connectivity index (χ4v) is 2.46. The van der Waals surface area contributed by atoms with Crippen LogP contribution in [0.1, 0.15) is 12.8 Å². The number of hydrogen-bond donors (Lipinski definition) is 1. The Morgan fingerprint density at radius 3 is 2.59 bits per heavy atom. The minimum Gasteiger partial charge on any atom is -0.481 e. The Balaban J connectivity index is 2.63. The van der Waals surface area contributed by atoms with Crippen molar-refractivity contribution in [1.82, 2.24) is 4.90 Å². The second-order valence-corrected chi connectivity index (χ2v) is 5.24. The van der Waals surface area contributed by atoms with E-state index in [0.717, 1.165) is 12.2 Å². The zero-order valence-electron chi connectivity index (χ0n) is 9.59. The normalized spacial score (nSPS) is 26.4. The van der Waals surface area contributed by atoms with Crippen LogP contribution in [0.15, 0.2) is 0 Å². The monoisotopic (exact) mass is 271 g/mol. The molecule has 0 amide bonds. The Bertz CT molecular complexity index is 285. The van der Waals surface area contributed by atoms with Gasteiger partial charge in [0.15, 0.2) is 5.41 Å². The molecular formula is C10H16F3NO2S. The van der Waals surface area contributed by atoms with Gasteiger partial charge in [0.05, 0.1) is 0 Å². The SMILES string of the molecule is CSCCCN1CCC(C(=O)O)(C(F)(F)F)C1. The second-order valence-electron chi connectivity index (χ2n) is 4.26. The van der Waals surface area contributed by atoms with E-state index in [0.29, 0.717) is 6.54 Å². The van der Waals surface area contributed by atoms with Crippen molar-refractivity contribution in [2.45, 2.75) is 19.0 Å². The lowest BCUT2D eigenvalue weighted by Crippen LogP contribution is -2.47. The van der Waals surface area contributed by atoms with Crippen LogP contribution in [0, 0.1) is 5.41 Å². The van der Waals surface area contributed by atoms with Crippen molar-refractivity contribution in [1.29, 1.82) is 0 Å². The maximum Gasteiger partial charge on any atom is 0.406 e.